The summed E-state index contributed by atoms with van der Waals surface area (Å²) in [6, 6.07) is 6.44. The lowest BCUT2D eigenvalue weighted by Crippen LogP contribution is -2.44. The fourth-order valence-electron chi connectivity index (χ4n) is 1.35. The molecule has 94 valence electrons. The van der Waals surface area contributed by atoms with Crippen LogP contribution in [0.5, 0.6) is 0 Å². The van der Waals surface area contributed by atoms with Crippen molar-refractivity contribution in [3.8, 4) is 0 Å². The Labute approximate surface area is 101 Å². The lowest BCUT2D eigenvalue weighted by molar-refractivity contribution is -0.385. The molecule has 0 aliphatic heterocycles. The van der Waals surface area contributed by atoms with Gasteiger partial charge in [-0.15, -0.1) is 0 Å². The van der Waals surface area contributed by atoms with Gasteiger partial charge >= 0.3 is 0 Å². The van der Waals surface area contributed by atoms with E-state index in [1.54, 1.807) is 32.0 Å². The summed E-state index contributed by atoms with van der Waals surface area (Å²) in [6.07, 6.45) is 0. The number of benzene rings is 1. The summed E-state index contributed by atoms with van der Waals surface area (Å²) in [6.45, 7) is 5.60. The van der Waals surface area contributed by atoms with Gasteiger partial charge < -0.3 is 10.4 Å². The summed E-state index contributed by atoms with van der Waals surface area (Å²) in [7, 11) is 0. The normalized spacial score (nSPS) is 13.4. The molecule has 5 nitrogen and oxygen atoms in total. The molecule has 0 bridgehead atoms. The van der Waals surface area contributed by atoms with Crippen molar-refractivity contribution >= 4 is 5.69 Å². The van der Waals surface area contributed by atoms with E-state index in [9.17, 15) is 15.2 Å². The summed E-state index contributed by atoms with van der Waals surface area (Å²) < 4.78 is 0. The molecule has 1 aromatic rings. The monoisotopic (exact) mass is 238 g/mol. The maximum absolute atomic E-state index is 10.8. The maximum atomic E-state index is 10.8. The lowest BCUT2D eigenvalue weighted by atomic mass is 10.0. The van der Waals surface area contributed by atoms with E-state index in [1.807, 2.05) is 6.92 Å². The van der Waals surface area contributed by atoms with Crippen molar-refractivity contribution in [3.05, 3.63) is 39.9 Å². The van der Waals surface area contributed by atoms with E-state index in [0.29, 0.717) is 12.1 Å². The molecule has 0 radical (unpaired) electrons. The molecule has 0 heterocycles. The van der Waals surface area contributed by atoms with Crippen molar-refractivity contribution < 1.29 is 10.0 Å². The van der Waals surface area contributed by atoms with Crippen LogP contribution in [0.1, 0.15) is 26.3 Å². The van der Waals surface area contributed by atoms with Gasteiger partial charge in [-0.3, -0.25) is 10.1 Å². The smallest absolute Gasteiger partial charge is 0.273 e. The van der Waals surface area contributed by atoms with Crippen LogP contribution in [0.3, 0.4) is 0 Å². The van der Waals surface area contributed by atoms with Crippen LogP contribution in [0, 0.1) is 10.1 Å². The van der Waals surface area contributed by atoms with Crippen LogP contribution < -0.4 is 5.32 Å². The molecule has 1 rings (SSSR count). The van der Waals surface area contributed by atoms with Crippen molar-refractivity contribution in [3.63, 3.8) is 0 Å². The van der Waals surface area contributed by atoms with E-state index in [4.69, 9.17) is 0 Å². The van der Waals surface area contributed by atoms with Crippen LogP contribution in [0.25, 0.3) is 0 Å². The van der Waals surface area contributed by atoms with Crippen LogP contribution >= 0.6 is 0 Å². The standard InChI is InChI=1S/C12H18N2O3/c1-9(12(2,3)15)13-8-10-6-4-5-7-11(10)14(16)17/h4-7,9,13,15H,8H2,1-3H3. The van der Waals surface area contributed by atoms with Gasteiger partial charge in [-0.25, -0.2) is 0 Å². The number of para-hydroxylation sites is 1. The second-order valence-electron chi connectivity index (χ2n) is 4.64. The lowest BCUT2D eigenvalue weighted by Gasteiger charge is -2.26. The molecule has 0 amide bonds. The Morgan fingerprint density at radius 2 is 2.06 bits per heavy atom. The minimum Gasteiger partial charge on any atom is -0.389 e. The number of nitro groups is 1. The van der Waals surface area contributed by atoms with Crippen LogP contribution in [0.4, 0.5) is 5.69 Å². The molecular formula is C12H18N2O3. The highest BCUT2D eigenvalue weighted by molar-refractivity contribution is 5.39. The molecule has 17 heavy (non-hydrogen) atoms. The second-order valence-corrected chi connectivity index (χ2v) is 4.64. The third kappa shape index (κ3) is 3.80. The van der Waals surface area contributed by atoms with Gasteiger partial charge in [0.2, 0.25) is 0 Å². The summed E-state index contributed by atoms with van der Waals surface area (Å²) in [5, 5.41) is 23.6. The number of hydrogen-bond acceptors (Lipinski definition) is 4. The molecule has 0 saturated carbocycles. The molecule has 0 spiro atoms. The fraction of sp³-hybridized carbons (Fsp3) is 0.500. The Kier molecular flexibility index (Phi) is 4.20. The summed E-state index contributed by atoms with van der Waals surface area (Å²) in [5.74, 6) is 0. The van der Waals surface area contributed by atoms with E-state index < -0.39 is 10.5 Å². The molecular weight excluding hydrogens is 220 g/mol. The topological polar surface area (TPSA) is 75.4 Å². The van der Waals surface area contributed by atoms with E-state index in [2.05, 4.69) is 5.32 Å². The Bertz CT molecular complexity index is 399. The van der Waals surface area contributed by atoms with Gasteiger partial charge in [-0.05, 0) is 20.8 Å². The SMILES string of the molecule is CC(NCc1ccccc1[N+](=O)[O-])C(C)(C)O. The first-order valence-electron chi connectivity index (χ1n) is 5.50. The summed E-state index contributed by atoms with van der Waals surface area (Å²) in [5.41, 5.74) is -0.139. The maximum Gasteiger partial charge on any atom is 0.273 e. The molecule has 0 aliphatic carbocycles. The zero-order valence-corrected chi connectivity index (χ0v) is 10.3. The average molecular weight is 238 g/mol. The highest BCUT2D eigenvalue weighted by Gasteiger charge is 2.22. The number of rotatable bonds is 5. The molecule has 0 aliphatic rings. The molecule has 1 atom stereocenters. The van der Waals surface area contributed by atoms with Crippen LogP contribution in [0.2, 0.25) is 0 Å². The Hall–Kier alpha value is -1.46. The van der Waals surface area contributed by atoms with Gasteiger partial charge in [0.15, 0.2) is 0 Å². The summed E-state index contributed by atoms with van der Waals surface area (Å²) in [4.78, 5) is 10.4. The fourth-order valence-corrected chi connectivity index (χ4v) is 1.35. The van der Waals surface area contributed by atoms with Crippen LogP contribution in [-0.2, 0) is 6.54 Å². The first kappa shape index (κ1) is 13.6. The third-order valence-electron chi connectivity index (χ3n) is 2.85. The second kappa shape index (κ2) is 5.25. The van der Waals surface area contributed by atoms with Gasteiger partial charge in [0.1, 0.15) is 0 Å². The van der Waals surface area contributed by atoms with Crippen molar-refractivity contribution in [2.45, 2.75) is 39.0 Å². The van der Waals surface area contributed by atoms with Crippen LogP contribution in [0.15, 0.2) is 24.3 Å². The molecule has 0 fully saturated rings. The number of nitrogens with zero attached hydrogens (tertiary/aromatic N) is 1. The Morgan fingerprint density at radius 1 is 1.47 bits per heavy atom. The predicted molar refractivity (Wildman–Crippen MR) is 65.7 cm³/mol. The van der Waals surface area contributed by atoms with E-state index in [0.717, 1.165) is 0 Å². The number of nitrogens with one attached hydrogen (secondary N) is 1. The van der Waals surface area contributed by atoms with Crippen LogP contribution in [-0.4, -0.2) is 21.7 Å². The zero-order chi connectivity index (χ0) is 13.1. The van der Waals surface area contributed by atoms with Gasteiger partial charge in [0, 0.05) is 24.2 Å². The minimum absolute atomic E-state index is 0.0999. The quantitative estimate of drug-likeness (QED) is 0.606. The van der Waals surface area contributed by atoms with Crippen molar-refractivity contribution in [2.24, 2.45) is 0 Å². The van der Waals surface area contributed by atoms with Gasteiger partial charge in [-0.1, -0.05) is 18.2 Å². The van der Waals surface area contributed by atoms with E-state index in [-0.39, 0.29) is 11.7 Å². The van der Waals surface area contributed by atoms with Crippen molar-refractivity contribution in [2.75, 3.05) is 0 Å². The van der Waals surface area contributed by atoms with Gasteiger partial charge in [0.05, 0.1) is 10.5 Å². The largest absolute Gasteiger partial charge is 0.389 e. The Morgan fingerprint density at radius 3 is 2.59 bits per heavy atom. The van der Waals surface area contributed by atoms with E-state index in [1.165, 1.54) is 6.07 Å². The molecule has 1 aromatic carbocycles. The molecule has 0 aromatic heterocycles. The molecule has 2 N–H and O–H groups in total. The van der Waals surface area contributed by atoms with E-state index >= 15 is 0 Å². The predicted octanol–water partition coefficient (Wildman–Crippen LogP) is 1.84. The average Bonchev–Trinajstić information content (AvgIpc) is 2.24. The van der Waals surface area contributed by atoms with Crippen molar-refractivity contribution in [1.29, 1.82) is 0 Å². The molecule has 5 heteroatoms. The minimum atomic E-state index is -0.858. The molecule has 0 saturated heterocycles. The zero-order valence-electron chi connectivity index (χ0n) is 10.3. The summed E-state index contributed by atoms with van der Waals surface area (Å²) >= 11 is 0. The van der Waals surface area contributed by atoms with Crippen molar-refractivity contribution in [1.82, 2.24) is 5.32 Å². The molecule has 1 unspecified atom stereocenters. The highest BCUT2D eigenvalue weighted by atomic mass is 16.6. The number of hydrogen-bond donors (Lipinski definition) is 2. The number of nitro benzene ring substituents is 1. The first-order chi connectivity index (χ1) is 7.82. The first-order valence-corrected chi connectivity index (χ1v) is 5.50. The third-order valence-corrected chi connectivity index (χ3v) is 2.85. The Balaban J connectivity index is 2.73. The van der Waals surface area contributed by atoms with Gasteiger partial charge in [0.25, 0.3) is 5.69 Å². The highest BCUT2D eigenvalue weighted by Crippen LogP contribution is 2.18. The van der Waals surface area contributed by atoms with Gasteiger partial charge in [-0.2, -0.15) is 0 Å². The number of aliphatic hydroxyl groups is 1.